The number of likely N-dealkylation sites (tertiary alicyclic amines) is 1. The first-order chi connectivity index (χ1) is 12.7. The van der Waals surface area contributed by atoms with Crippen LogP contribution in [0.25, 0.3) is 10.2 Å². The van der Waals surface area contributed by atoms with Crippen LogP contribution in [0.15, 0.2) is 54.6 Å². The van der Waals surface area contributed by atoms with Crippen molar-refractivity contribution < 1.29 is 0 Å². The van der Waals surface area contributed by atoms with Gasteiger partial charge in [-0.2, -0.15) is 0 Å². The van der Waals surface area contributed by atoms with E-state index in [9.17, 15) is 0 Å². The fourth-order valence-electron chi connectivity index (χ4n) is 4.02. The van der Waals surface area contributed by atoms with E-state index in [0.29, 0.717) is 12.1 Å². The quantitative estimate of drug-likeness (QED) is 0.616. The second kappa shape index (κ2) is 7.87. The van der Waals surface area contributed by atoms with Gasteiger partial charge >= 0.3 is 0 Å². The number of nitrogens with zero attached hydrogens (tertiary/aromatic N) is 3. The number of rotatable bonds is 6. The first-order valence-electron chi connectivity index (χ1n) is 9.62. The average molecular weight is 366 g/mol. The summed E-state index contributed by atoms with van der Waals surface area (Å²) < 4.78 is 1.30. The minimum absolute atomic E-state index is 0.488. The Hall–Kier alpha value is -1.75. The molecule has 2 aromatic carbocycles. The number of hydrogen-bond donors (Lipinski definition) is 0. The maximum atomic E-state index is 4.84. The third kappa shape index (κ3) is 3.68. The fraction of sp³-hybridized carbons (Fsp3) is 0.409. The SMILES string of the molecule is CCN(Cc1nc2ccccc2s1)[C@@H]1CCN([C@@H](C)c2ccccc2)C1. The Kier molecular flexibility index (Phi) is 5.34. The smallest absolute Gasteiger partial charge is 0.108 e. The van der Waals surface area contributed by atoms with Gasteiger partial charge in [0.15, 0.2) is 0 Å². The molecule has 26 heavy (non-hydrogen) atoms. The molecule has 0 radical (unpaired) electrons. The Balaban J connectivity index is 1.42. The molecule has 3 aromatic rings. The molecule has 4 heteroatoms. The molecule has 0 unspecified atom stereocenters. The first-order valence-corrected chi connectivity index (χ1v) is 10.4. The van der Waals surface area contributed by atoms with Crippen molar-refractivity contribution in [2.45, 2.75) is 38.9 Å². The highest BCUT2D eigenvalue weighted by Gasteiger charge is 2.30. The average Bonchev–Trinajstić information content (AvgIpc) is 3.33. The lowest BCUT2D eigenvalue weighted by atomic mass is 10.1. The number of hydrogen-bond acceptors (Lipinski definition) is 4. The zero-order valence-electron chi connectivity index (χ0n) is 15.6. The molecule has 0 N–H and O–H groups in total. The molecule has 0 spiro atoms. The van der Waals surface area contributed by atoms with E-state index in [-0.39, 0.29) is 0 Å². The van der Waals surface area contributed by atoms with Crippen LogP contribution >= 0.6 is 11.3 Å². The van der Waals surface area contributed by atoms with Crippen molar-refractivity contribution in [2.24, 2.45) is 0 Å². The van der Waals surface area contributed by atoms with Gasteiger partial charge in [-0.15, -0.1) is 11.3 Å². The maximum absolute atomic E-state index is 4.84. The Morgan fingerprint density at radius 2 is 1.92 bits per heavy atom. The predicted molar refractivity (Wildman–Crippen MR) is 111 cm³/mol. The van der Waals surface area contributed by atoms with Gasteiger partial charge in [-0.25, -0.2) is 4.98 Å². The number of likely N-dealkylation sites (N-methyl/N-ethyl adjacent to an activating group) is 1. The summed E-state index contributed by atoms with van der Waals surface area (Å²) >= 11 is 1.84. The van der Waals surface area contributed by atoms with Crippen LogP contribution < -0.4 is 0 Å². The zero-order valence-corrected chi connectivity index (χ0v) is 16.5. The second-order valence-corrected chi connectivity index (χ2v) is 8.28. The summed E-state index contributed by atoms with van der Waals surface area (Å²) in [6.45, 7) is 8.98. The minimum Gasteiger partial charge on any atom is -0.295 e. The van der Waals surface area contributed by atoms with Gasteiger partial charge < -0.3 is 0 Å². The van der Waals surface area contributed by atoms with Gasteiger partial charge in [0, 0.05) is 25.2 Å². The maximum Gasteiger partial charge on any atom is 0.108 e. The molecule has 0 saturated carbocycles. The summed E-state index contributed by atoms with van der Waals surface area (Å²) in [6, 6.07) is 20.4. The Morgan fingerprint density at radius 1 is 1.15 bits per heavy atom. The standard InChI is InChI=1S/C22H27N3S/c1-3-24(16-22-23-20-11-7-8-12-21(20)26-22)19-13-14-25(15-19)17(2)18-9-5-4-6-10-18/h4-12,17,19H,3,13-16H2,1-2H3/t17-,19+/m0/s1. The Morgan fingerprint density at radius 3 is 2.69 bits per heavy atom. The topological polar surface area (TPSA) is 19.4 Å². The molecule has 0 amide bonds. The van der Waals surface area contributed by atoms with Gasteiger partial charge in [-0.1, -0.05) is 49.4 Å². The van der Waals surface area contributed by atoms with E-state index in [4.69, 9.17) is 4.98 Å². The third-order valence-electron chi connectivity index (χ3n) is 5.62. The largest absolute Gasteiger partial charge is 0.295 e. The van der Waals surface area contributed by atoms with Gasteiger partial charge in [0.25, 0.3) is 0 Å². The van der Waals surface area contributed by atoms with Crippen LogP contribution in [0.3, 0.4) is 0 Å². The zero-order chi connectivity index (χ0) is 17.9. The normalized spacial score (nSPS) is 19.4. The highest BCUT2D eigenvalue weighted by Crippen LogP contribution is 2.28. The third-order valence-corrected chi connectivity index (χ3v) is 6.64. The van der Waals surface area contributed by atoms with E-state index >= 15 is 0 Å². The predicted octanol–water partition coefficient (Wildman–Crippen LogP) is 4.95. The molecule has 4 rings (SSSR count). The minimum atomic E-state index is 0.488. The lowest BCUT2D eigenvalue weighted by Crippen LogP contribution is -2.37. The van der Waals surface area contributed by atoms with Crippen molar-refractivity contribution in [3.05, 3.63) is 65.2 Å². The van der Waals surface area contributed by atoms with Crippen LogP contribution in [0.1, 0.15) is 36.9 Å². The number of benzene rings is 2. The van der Waals surface area contributed by atoms with E-state index in [0.717, 1.165) is 25.2 Å². The Labute approximate surface area is 160 Å². The van der Waals surface area contributed by atoms with Crippen LogP contribution in [-0.2, 0) is 6.54 Å². The molecule has 1 aromatic heterocycles. The molecule has 1 fully saturated rings. The number of aromatic nitrogens is 1. The molecule has 136 valence electrons. The van der Waals surface area contributed by atoms with Crippen molar-refractivity contribution in [1.82, 2.24) is 14.8 Å². The number of para-hydroxylation sites is 1. The summed E-state index contributed by atoms with van der Waals surface area (Å²) in [5.74, 6) is 0. The molecular formula is C22H27N3S. The highest BCUT2D eigenvalue weighted by atomic mass is 32.1. The van der Waals surface area contributed by atoms with Crippen LogP contribution in [-0.4, -0.2) is 40.5 Å². The van der Waals surface area contributed by atoms with E-state index in [2.05, 4.69) is 78.2 Å². The van der Waals surface area contributed by atoms with E-state index < -0.39 is 0 Å². The van der Waals surface area contributed by atoms with E-state index in [1.165, 1.54) is 28.2 Å². The summed E-state index contributed by atoms with van der Waals surface area (Å²) in [5, 5.41) is 1.24. The van der Waals surface area contributed by atoms with Gasteiger partial charge in [0.2, 0.25) is 0 Å². The Bertz CT molecular complexity index is 812. The fourth-order valence-corrected chi connectivity index (χ4v) is 5.01. The second-order valence-electron chi connectivity index (χ2n) is 7.16. The van der Waals surface area contributed by atoms with E-state index in [1.807, 2.05) is 11.3 Å². The molecule has 3 nitrogen and oxygen atoms in total. The molecule has 1 saturated heterocycles. The van der Waals surface area contributed by atoms with Crippen LogP contribution in [0, 0.1) is 0 Å². The van der Waals surface area contributed by atoms with Crippen molar-refractivity contribution in [1.29, 1.82) is 0 Å². The van der Waals surface area contributed by atoms with E-state index in [1.54, 1.807) is 0 Å². The van der Waals surface area contributed by atoms with Gasteiger partial charge in [-0.3, -0.25) is 9.80 Å². The van der Waals surface area contributed by atoms with Crippen LogP contribution in [0.2, 0.25) is 0 Å². The molecule has 2 heterocycles. The first kappa shape index (κ1) is 17.7. The van der Waals surface area contributed by atoms with Crippen LogP contribution in [0.5, 0.6) is 0 Å². The summed E-state index contributed by atoms with van der Waals surface area (Å²) in [7, 11) is 0. The summed E-state index contributed by atoms with van der Waals surface area (Å²) in [6.07, 6.45) is 1.25. The summed E-state index contributed by atoms with van der Waals surface area (Å²) in [5.41, 5.74) is 2.55. The molecule has 0 aliphatic carbocycles. The van der Waals surface area contributed by atoms with Gasteiger partial charge in [0.1, 0.15) is 5.01 Å². The van der Waals surface area contributed by atoms with Crippen molar-refractivity contribution in [3.8, 4) is 0 Å². The van der Waals surface area contributed by atoms with Crippen molar-refractivity contribution in [2.75, 3.05) is 19.6 Å². The number of fused-ring (bicyclic) bond motifs is 1. The molecule has 1 aliphatic rings. The highest BCUT2D eigenvalue weighted by molar-refractivity contribution is 7.18. The van der Waals surface area contributed by atoms with Crippen LogP contribution in [0.4, 0.5) is 0 Å². The van der Waals surface area contributed by atoms with Crippen molar-refractivity contribution in [3.63, 3.8) is 0 Å². The lowest BCUT2D eigenvalue weighted by molar-refractivity contribution is 0.180. The lowest BCUT2D eigenvalue weighted by Gasteiger charge is -2.29. The van der Waals surface area contributed by atoms with Crippen molar-refractivity contribution >= 4 is 21.6 Å². The number of thiazole rings is 1. The summed E-state index contributed by atoms with van der Waals surface area (Å²) in [4.78, 5) is 10.1. The monoisotopic (exact) mass is 365 g/mol. The van der Waals surface area contributed by atoms with Gasteiger partial charge in [0.05, 0.1) is 16.8 Å². The molecule has 0 bridgehead atoms. The van der Waals surface area contributed by atoms with Gasteiger partial charge in [-0.05, 0) is 37.6 Å². The molecular weight excluding hydrogens is 338 g/mol. The molecule has 1 aliphatic heterocycles. The molecule has 2 atom stereocenters.